The number of nitrogens with zero attached hydrogens (tertiary/aromatic N) is 2. The average molecular weight is 321 g/mol. The third kappa shape index (κ3) is 3.04. The summed E-state index contributed by atoms with van der Waals surface area (Å²) < 4.78 is 32.0. The Morgan fingerprint density at radius 2 is 2.12 bits per heavy atom. The average Bonchev–Trinajstić information content (AvgIpc) is 2.58. The highest BCUT2D eigenvalue weighted by Crippen LogP contribution is 2.19. The third-order valence-corrected chi connectivity index (χ3v) is 4.80. The summed E-state index contributed by atoms with van der Waals surface area (Å²) in [6.45, 7) is 1.95. The molecule has 0 aromatic carbocycles. The van der Waals surface area contributed by atoms with Gasteiger partial charge >= 0.3 is 0 Å². The predicted octanol–water partition coefficient (Wildman–Crippen LogP) is 1.26. The van der Waals surface area contributed by atoms with Crippen molar-refractivity contribution in [1.82, 2.24) is 9.29 Å². The van der Waals surface area contributed by atoms with E-state index in [-0.39, 0.29) is 4.90 Å². The van der Waals surface area contributed by atoms with Gasteiger partial charge in [-0.3, -0.25) is 4.98 Å². The Morgan fingerprint density at radius 1 is 1.29 bits per heavy atom. The van der Waals surface area contributed by atoms with Crippen LogP contribution in [0.2, 0.25) is 0 Å². The smallest absolute Gasteiger partial charge is 0.244 e. The van der Waals surface area contributed by atoms with Gasteiger partial charge in [-0.15, -0.1) is 0 Å². The van der Waals surface area contributed by atoms with Gasteiger partial charge < -0.3 is 4.74 Å². The van der Waals surface area contributed by atoms with Gasteiger partial charge in [0.05, 0.1) is 6.61 Å². The molecule has 0 spiro atoms. The Bertz CT molecular complexity index is 484. The maximum absolute atomic E-state index is 12.3. The van der Waals surface area contributed by atoms with Gasteiger partial charge in [0.25, 0.3) is 0 Å². The third-order valence-electron chi connectivity index (χ3n) is 2.50. The molecule has 2 heterocycles. The number of aromatic nitrogens is 1. The van der Waals surface area contributed by atoms with E-state index in [1.54, 1.807) is 12.3 Å². The van der Waals surface area contributed by atoms with E-state index in [1.807, 2.05) is 0 Å². The Balaban J connectivity index is 2.28. The van der Waals surface area contributed by atoms with Crippen molar-refractivity contribution >= 4 is 26.0 Å². The highest BCUT2D eigenvalue weighted by molar-refractivity contribution is 9.10. The second-order valence-electron chi connectivity index (χ2n) is 3.71. The number of sulfonamides is 1. The first kappa shape index (κ1) is 12.9. The van der Waals surface area contributed by atoms with Crippen LogP contribution in [0.5, 0.6) is 0 Å². The highest BCUT2D eigenvalue weighted by atomic mass is 79.9. The van der Waals surface area contributed by atoms with E-state index < -0.39 is 10.0 Å². The molecule has 0 atom stereocenters. The molecule has 1 fully saturated rings. The molecule has 0 amide bonds. The Labute approximate surface area is 109 Å². The molecule has 1 aliphatic heterocycles. The molecule has 1 aliphatic rings. The van der Waals surface area contributed by atoms with Gasteiger partial charge in [0.1, 0.15) is 4.90 Å². The molecular weight excluding hydrogens is 308 g/mol. The lowest BCUT2D eigenvalue weighted by atomic mass is 10.5. The number of hydrogen-bond donors (Lipinski definition) is 0. The van der Waals surface area contributed by atoms with Gasteiger partial charge in [0.2, 0.25) is 10.0 Å². The van der Waals surface area contributed by atoms with Crippen molar-refractivity contribution in [3.8, 4) is 0 Å². The largest absolute Gasteiger partial charge is 0.380 e. The van der Waals surface area contributed by atoms with Crippen LogP contribution in [0.1, 0.15) is 6.42 Å². The number of hydrogen-bond acceptors (Lipinski definition) is 4. The fourth-order valence-electron chi connectivity index (χ4n) is 1.65. The van der Waals surface area contributed by atoms with Crippen molar-refractivity contribution in [3.05, 3.63) is 22.9 Å². The number of rotatable bonds is 2. The summed E-state index contributed by atoms with van der Waals surface area (Å²) in [6, 6.07) is 1.56. The van der Waals surface area contributed by atoms with Crippen LogP contribution in [0.3, 0.4) is 0 Å². The molecule has 0 aliphatic carbocycles. The lowest BCUT2D eigenvalue weighted by molar-refractivity contribution is 0.148. The lowest BCUT2D eigenvalue weighted by Gasteiger charge is -2.18. The van der Waals surface area contributed by atoms with Gasteiger partial charge in [-0.1, -0.05) is 0 Å². The van der Waals surface area contributed by atoms with Gasteiger partial charge in [-0.2, -0.15) is 4.31 Å². The van der Waals surface area contributed by atoms with E-state index in [9.17, 15) is 8.42 Å². The molecule has 0 unspecified atom stereocenters. The molecule has 7 heteroatoms. The first-order valence-corrected chi connectivity index (χ1v) is 7.52. The SMILES string of the molecule is O=S(=O)(c1cncc(Br)c1)N1CCCOCC1. The summed E-state index contributed by atoms with van der Waals surface area (Å²) in [5.41, 5.74) is 0. The molecule has 17 heavy (non-hydrogen) atoms. The van der Waals surface area contributed by atoms with E-state index >= 15 is 0 Å². The molecule has 94 valence electrons. The fraction of sp³-hybridized carbons (Fsp3) is 0.500. The quantitative estimate of drug-likeness (QED) is 0.823. The maximum atomic E-state index is 12.3. The Hall–Kier alpha value is -0.500. The van der Waals surface area contributed by atoms with Gasteiger partial charge in [0, 0.05) is 36.6 Å². The van der Waals surface area contributed by atoms with E-state index in [1.165, 1.54) is 10.5 Å². The Kier molecular flexibility index (Phi) is 4.13. The van der Waals surface area contributed by atoms with E-state index in [4.69, 9.17) is 4.74 Å². The van der Waals surface area contributed by atoms with Crippen LogP contribution in [-0.2, 0) is 14.8 Å². The minimum atomic E-state index is -3.45. The van der Waals surface area contributed by atoms with Crippen molar-refractivity contribution in [3.63, 3.8) is 0 Å². The molecular formula is C10H13BrN2O3S. The lowest BCUT2D eigenvalue weighted by Crippen LogP contribution is -2.33. The van der Waals surface area contributed by atoms with Gasteiger partial charge in [-0.05, 0) is 28.4 Å². The minimum absolute atomic E-state index is 0.216. The standard InChI is InChI=1S/C10H13BrN2O3S/c11-9-6-10(8-12-7-9)17(14,15)13-2-1-4-16-5-3-13/h6-8H,1-5H2. The zero-order valence-electron chi connectivity index (χ0n) is 9.17. The van der Waals surface area contributed by atoms with Crippen LogP contribution in [0.15, 0.2) is 27.8 Å². The number of halogens is 1. The monoisotopic (exact) mass is 320 g/mol. The molecule has 0 N–H and O–H groups in total. The Morgan fingerprint density at radius 3 is 2.88 bits per heavy atom. The fourth-order valence-corrected chi connectivity index (χ4v) is 3.61. The second-order valence-corrected chi connectivity index (χ2v) is 6.56. The van der Waals surface area contributed by atoms with Crippen molar-refractivity contribution in [2.45, 2.75) is 11.3 Å². The van der Waals surface area contributed by atoms with E-state index in [2.05, 4.69) is 20.9 Å². The zero-order chi connectivity index (χ0) is 12.3. The van der Waals surface area contributed by atoms with Crippen molar-refractivity contribution < 1.29 is 13.2 Å². The van der Waals surface area contributed by atoms with Crippen LogP contribution < -0.4 is 0 Å². The van der Waals surface area contributed by atoms with E-state index in [0.717, 1.165) is 6.42 Å². The molecule has 5 nitrogen and oxygen atoms in total. The summed E-state index contributed by atoms with van der Waals surface area (Å²) in [6.07, 6.45) is 3.65. The summed E-state index contributed by atoms with van der Waals surface area (Å²) in [7, 11) is -3.45. The topological polar surface area (TPSA) is 59.5 Å². The molecule has 1 saturated heterocycles. The van der Waals surface area contributed by atoms with Crippen LogP contribution in [0.4, 0.5) is 0 Å². The summed E-state index contributed by atoms with van der Waals surface area (Å²) in [5, 5.41) is 0. The molecule has 0 bridgehead atoms. The van der Waals surface area contributed by atoms with Crippen LogP contribution in [0, 0.1) is 0 Å². The number of pyridine rings is 1. The second kappa shape index (κ2) is 5.43. The van der Waals surface area contributed by atoms with E-state index in [0.29, 0.717) is 30.8 Å². The molecule has 1 aromatic heterocycles. The summed E-state index contributed by atoms with van der Waals surface area (Å²) in [5.74, 6) is 0. The first-order chi connectivity index (χ1) is 8.10. The van der Waals surface area contributed by atoms with Crippen LogP contribution in [-0.4, -0.2) is 44.0 Å². The molecule has 1 aromatic rings. The van der Waals surface area contributed by atoms with Crippen LogP contribution >= 0.6 is 15.9 Å². The van der Waals surface area contributed by atoms with Crippen molar-refractivity contribution in [2.24, 2.45) is 0 Å². The molecule has 0 saturated carbocycles. The normalized spacial score (nSPS) is 18.9. The summed E-state index contributed by atoms with van der Waals surface area (Å²) in [4.78, 5) is 4.10. The van der Waals surface area contributed by atoms with Crippen molar-refractivity contribution in [2.75, 3.05) is 26.3 Å². The van der Waals surface area contributed by atoms with Crippen LogP contribution in [0.25, 0.3) is 0 Å². The predicted molar refractivity (Wildman–Crippen MR) is 66.1 cm³/mol. The minimum Gasteiger partial charge on any atom is -0.380 e. The first-order valence-electron chi connectivity index (χ1n) is 5.29. The number of ether oxygens (including phenoxy) is 1. The highest BCUT2D eigenvalue weighted by Gasteiger charge is 2.25. The molecule has 2 rings (SSSR count). The van der Waals surface area contributed by atoms with Gasteiger partial charge in [-0.25, -0.2) is 8.42 Å². The zero-order valence-corrected chi connectivity index (χ0v) is 11.6. The maximum Gasteiger partial charge on any atom is 0.244 e. The molecule has 0 radical (unpaired) electrons. The van der Waals surface area contributed by atoms with Crippen molar-refractivity contribution in [1.29, 1.82) is 0 Å². The van der Waals surface area contributed by atoms with Gasteiger partial charge in [0.15, 0.2) is 0 Å². The summed E-state index contributed by atoms with van der Waals surface area (Å²) >= 11 is 3.22.